The van der Waals surface area contributed by atoms with Crippen molar-refractivity contribution in [2.24, 2.45) is 7.05 Å². The number of aromatic nitrogens is 2. The summed E-state index contributed by atoms with van der Waals surface area (Å²) in [5.74, 6) is 0.487. The van der Waals surface area contributed by atoms with Gasteiger partial charge < -0.3 is 14.6 Å². The molecule has 128 valence electrons. The lowest BCUT2D eigenvalue weighted by Gasteiger charge is -2.38. The molecule has 5 nitrogen and oxygen atoms in total. The van der Waals surface area contributed by atoms with Crippen LogP contribution in [0.1, 0.15) is 30.4 Å². The van der Waals surface area contributed by atoms with Crippen molar-refractivity contribution in [3.8, 4) is 0 Å². The molecule has 1 aliphatic rings. The Morgan fingerprint density at radius 3 is 2.67 bits per heavy atom. The average Bonchev–Trinajstić information content (AvgIpc) is 2.58. The fraction of sp³-hybridized carbons (Fsp3) is 0.474. The van der Waals surface area contributed by atoms with E-state index in [1.54, 1.807) is 24.0 Å². The van der Waals surface area contributed by atoms with Gasteiger partial charge in [-0.2, -0.15) is 0 Å². The Hall–Kier alpha value is -2.14. The molecule has 1 saturated heterocycles. The van der Waals surface area contributed by atoms with Gasteiger partial charge >= 0.3 is 0 Å². The predicted molar refractivity (Wildman–Crippen MR) is 95.4 cm³/mol. The van der Waals surface area contributed by atoms with E-state index in [2.05, 4.69) is 24.0 Å². The summed E-state index contributed by atoms with van der Waals surface area (Å²) < 4.78 is 1.54. The van der Waals surface area contributed by atoms with Crippen molar-refractivity contribution in [2.45, 2.75) is 38.2 Å². The standard InChI is InChI=1S/C19H25N3O2/c1-15-5-3-4-6-16(15)7-8-19(24)9-12-22(13-10-19)17-18(23)21(2)14-11-20-17/h3-6,11,14,24H,7-10,12-13H2,1-2H3. The van der Waals surface area contributed by atoms with Gasteiger partial charge in [0.1, 0.15) is 0 Å². The first-order valence-corrected chi connectivity index (χ1v) is 8.52. The molecule has 0 aliphatic carbocycles. The van der Waals surface area contributed by atoms with Crippen LogP contribution >= 0.6 is 0 Å². The third-order valence-corrected chi connectivity index (χ3v) is 5.11. The fourth-order valence-corrected chi connectivity index (χ4v) is 3.34. The highest BCUT2D eigenvalue weighted by atomic mass is 16.3. The van der Waals surface area contributed by atoms with Crippen molar-refractivity contribution >= 4 is 5.82 Å². The van der Waals surface area contributed by atoms with Crippen LogP contribution in [0.3, 0.4) is 0 Å². The Bertz CT molecular complexity index is 761. The van der Waals surface area contributed by atoms with Gasteiger partial charge in [0.25, 0.3) is 5.56 Å². The van der Waals surface area contributed by atoms with Crippen LogP contribution in [0.15, 0.2) is 41.5 Å². The minimum absolute atomic E-state index is 0.0807. The van der Waals surface area contributed by atoms with Crippen LogP contribution in [0.25, 0.3) is 0 Å². The third-order valence-electron chi connectivity index (χ3n) is 5.11. The molecule has 2 heterocycles. The Labute approximate surface area is 142 Å². The molecule has 0 radical (unpaired) electrons. The highest BCUT2D eigenvalue weighted by Gasteiger charge is 2.33. The van der Waals surface area contributed by atoms with Crippen molar-refractivity contribution in [3.05, 3.63) is 58.1 Å². The molecule has 24 heavy (non-hydrogen) atoms. The van der Waals surface area contributed by atoms with Crippen LogP contribution in [0.2, 0.25) is 0 Å². The predicted octanol–water partition coefficient (Wildman–Crippen LogP) is 2.05. The molecule has 1 N–H and O–H groups in total. The fourth-order valence-electron chi connectivity index (χ4n) is 3.34. The Morgan fingerprint density at radius 1 is 1.25 bits per heavy atom. The van der Waals surface area contributed by atoms with Gasteiger partial charge in [0.2, 0.25) is 0 Å². The number of piperidine rings is 1. The first-order chi connectivity index (χ1) is 11.5. The molecule has 0 atom stereocenters. The zero-order chi connectivity index (χ0) is 17.2. The van der Waals surface area contributed by atoms with Gasteiger partial charge in [-0.05, 0) is 43.7 Å². The molecule has 3 rings (SSSR count). The summed E-state index contributed by atoms with van der Waals surface area (Å²) in [5.41, 5.74) is 1.84. The molecule has 5 heteroatoms. The molecule has 0 saturated carbocycles. The number of anilines is 1. The molecular formula is C19H25N3O2. The normalized spacial score (nSPS) is 17.0. The van der Waals surface area contributed by atoms with E-state index in [9.17, 15) is 9.90 Å². The van der Waals surface area contributed by atoms with E-state index in [0.29, 0.717) is 31.7 Å². The number of rotatable bonds is 4. The van der Waals surface area contributed by atoms with E-state index >= 15 is 0 Å². The first-order valence-electron chi connectivity index (χ1n) is 8.52. The summed E-state index contributed by atoms with van der Waals surface area (Å²) in [5, 5.41) is 10.9. The van der Waals surface area contributed by atoms with Crippen molar-refractivity contribution in [3.63, 3.8) is 0 Å². The van der Waals surface area contributed by atoms with Crippen LogP contribution in [-0.2, 0) is 13.5 Å². The van der Waals surface area contributed by atoms with Crippen molar-refractivity contribution in [1.82, 2.24) is 9.55 Å². The average molecular weight is 327 g/mol. The molecular weight excluding hydrogens is 302 g/mol. The SMILES string of the molecule is Cc1ccccc1CCC1(O)CCN(c2nccn(C)c2=O)CC1. The smallest absolute Gasteiger partial charge is 0.293 e. The number of nitrogens with zero attached hydrogens (tertiary/aromatic N) is 3. The lowest BCUT2D eigenvalue weighted by molar-refractivity contribution is 0.00811. The maximum atomic E-state index is 12.2. The zero-order valence-electron chi connectivity index (χ0n) is 14.4. The molecule has 0 unspecified atom stereocenters. The van der Waals surface area contributed by atoms with Crippen molar-refractivity contribution < 1.29 is 5.11 Å². The Kier molecular flexibility index (Phi) is 4.71. The lowest BCUT2D eigenvalue weighted by Crippen LogP contribution is -2.46. The summed E-state index contributed by atoms with van der Waals surface area (Å²) in [6, 6.07) is 8.33. The summed E-state index contributed by atoms with van der Waals surface area (Å²) in [4.78, 5) is 18.4. The minimum atomic E-state index is -0.654. The molecule has 1 fully saturated rings. The summed E-state index contributed by atoms with van der Waals surface area (Å²) in [7, 11) is 1.73. The second-order valence-corrected chi connectivity index (χ2v) is 6.80. The van der Waals surface area contributed by atoms with E-state index in [1.807, 2.05) is 17.0 Å². The number of aryl methyl sites for hydroxylation is 3. The molecule has 0 bridgehead atoms. The van der Waals surface area contributed by atoms with Gasteiger partial charge in [-0.25, -0.2) is 4.98 Å². The summed E-state index contributed by atoms with van der Waals surface area (Å²) in [6.45, 7) is 3.44. The number of hydrogen-bond acceptors (Lipinski definition) is 4. The highest BCUT2D eigenvalue weighted by molar-refractivity contribution is 5.36. The van der Waals surface area contributed by atoms with Crippen LogP contribution in [0, 0.1) is 6.92 Å². The van der Waals surface area contributed by atoms with Gasteiger partial charge in [-0.15, -0.1) is 0 Å². The zero-order valence-corrected chi connectivity index (χ0v) is 14.4. The van der Waals surface area contributed by atoms with Crippen molar-refractivity contribution in [1.29, 1.82) is 0 Å². The number of aliphatic hydroxyl groups is 1. The maximum Gasteiger partial charge on any atom is 0.293 e. The first kappa shape index (κ1) is 16.7. The second-order valence-electron chi connectivity index (χ2n) is 6.80. The van der Waals surface area contributed by atoms with E-state index in [0.717, 1.165) is 12.8 Å². The van der Waals surface area contributed by atoms with Crippen LogP contribution in [0.4, 0.5) is 5.82 Å². The highest BCUT2D eigenvalue weighted by Crippen LogP contribution is 2.28. The Morgan fingerprint density at radius 2 is 1.96 bits per heavy atom. The minimum Gasteiger partial charge on any atom is -0.390 e. The van der Waals surface area contributed by atoms with Gasteiger partial charge in [-0.1, -0.05) is 24.3 Å². The van der Waals surface area contributed by atoms with Gasteiger partial charge in [0.05, 0.1) is 5.60 Å². The molecule has 0 spiro atoms. The largest absolute Gasteiger partial charge is 0.390 e. The van der Waals surface area contributed by atoms with Crippen molar-refractivity contribution in [2.75, 3.05) is 18.0 Å². The third kappa shape index (κ3) is 3.51. The van der Waals surface area contributed by atoms with E-state index in [1.165, 1.54) is 11.1 Å². The van der Waals surface area contributed by atoms with Gasteiger partial charge in [0.15, 0.2) is 5.82 Å². The van der Waals surface area contributed by atoms with Crippen LogP contribution in [-0.4, -0.2) is 33.3 Å². The molecule has 1 aromatic heterocycles. The molecule has 1 aromatic carbocycles. The van der Waals surface area contributed by atoms with E-state index < -0.39 is 5.60 Å². The summed E-state index contributed by atoms with van der Waals surface area (Å²) >= 11 is 0. The number of benzene rings is 1. The maximum absolute atomic E-state index is 12.2. The quantitative estimate of drug-likeness (QED) is 0.934. The van der Waals surface area contributed by atoms with Crippen LogP contribution in [0.5, 0.6) is 0 Å². The molecule has 1 aliphatic heterocycles. The van der Waals surface area contributed by atoms with Gasteiger partial charge in [-0.3, -0.25) is 4.79 Å². The topological polar surface area (TPSA) is 58.4 Å². The Balaban J connectivity index is 1.62. The number of hydrogen-bond donors (Lipinski definition) is 1. The lowest BCUT2D eigenvalue weighted by atomic mass is 9.85. The van der Waals surface area contributed by atoms with Crippen LogP contribution < -0.4 is 10.5 Å². The van der Waals surface area contributed by atoms with E-state index in [-0.39, 0.29) is 5.56 Å². The molecule has 0 amide bonds. The van der Waals surface area contributed by atoms with E-state index in [4.69, 9.17) is 0 Å². The van der Waals surface area contributed by atoms with Gasteiger partial charge in [0, 0.05) is 32.5 Å². The monoisotopic (exact) mass is 327 g/mol. The second kappa shape index (κ2) is 6.77. The summed E-state index contributed by atoms with van der Waals surface area (Å²) in [6.07, 6.45) is 6.28. The molecule has 2 aromatic rings.